The summed E-state index contributed by atoms with van der Waals surface area (Å²) in [5, 5.41) is 0. The second kappa shape index (κ2) is 7.36. The Labute approximate surface area is 128 Å². The zero-order valence-electron chi connectivity index (χ0n) is 12.4. The maximum atomic E-state index is 12.2. The van der Waals surface area contributed by atoms with Crippen LogP contribution in [0.3, 0.4) is 0 Å². The molecular formula is C15H24O3S2. The van der Waals surface area contributed by atoms with Gasteiger partial charge in [-0.15, -0.1) is 0 Å². The van der Waals surface area contributed by atoms with Crippen LogP contribution in [0, 0.1) is 0 Å². The average molecular weight is 316 g/mol. The van der Waals surface area contributed by atoms with Gasteiger partial charge in [-0.25, -0.2) is 8.42 Å². The molecule has 0 fully saturated rings. The minimum absolute atomic E-state index is 0.111. The van der Waals surface area contributed by atoms with E-state index in [-0.39, 0.29) is 10.5 Å². The maximum Gasteiger partial charge on any atom is 0.178 e. The van der Waals surface area contributed by atoms with E-state index < -0.39 is 9.84 Å². The summed E-state index contributed by atoms with van der Waals surface area (Å²) in [5.41, 5.74) is 0. The normalized spacial score (nSPS) is 12.4. The Kier molecular flexibility index (Phi) is 6.40. The van der Waals surface area contributed by atoms with Crippen molar-refractivity contribution in [2.24, 2.45) is 0 Å². The quantitative estimate of drug-likeness (QED) is 0.587. The van der Waals surface area contributed by atoms with Gasteiger partial charge in [0.05, 0.1) is 17.3 Å². The standard InChI is InChI=1S/C15H24O3S2/c1-4-5-11-18-13-6-8-14(9-7-13)20(16,17)12-10-15(2,3)19/h6-9,19H,4-5,10-12H2,1-3H3. The van der Waals surface area contributed by atoms with Crippen molar-refractivity contribution in [3.05, 3.63) is 24.3 Å². The molecule has 0 aromatic heterocycles. The SMILES string of the molecule is CCCCOc1ccc(S(=O)(=O)CCC(C)(C)S)cc1. The number of hydrogen-bond donors (Lipinski definition) is 1. The number of benzene rings is 1. The summed E-state index contributed by atoms with van der Waals surface area (Å²) in [6.45, 7) is 6.59. The fraction of sp³-hybridized carbons (Fsp3) is 0.600. The van der Waals surface area contributed by atoms with E-state index in [1.54, 1.807) is 24.3 Å². The van der Waals surface area contributed by atoms with Crippen LogP contribution in [-0.2, 0) is 9.84 Å². The number of rotatable bonds is 8. The molecule has 0 aliphatic carbocycles. The number of sulfone groups is 1. The van der Waals surface area contributed by atoms with Gasteiger partial charge in [-0.3, -0.25) is 0 Å². The van der Waals surface area contributed by atoms with E-state index in [4.69, 9.17) is 4.74 Å². The third kappa shape index (κ3) is 6.18. The number of unbranched alkanes of at least 4 members (excludes halogenated alkanes) is 1. The molecule has 5 heteroatoms. The van der Waals surface area contributed by atoms with Crippen molar-refractivity contribution < 1.29 is 13.2 Å². The van der Waals surface area contributed by atoms with E-state index in [2.05, 4.69) is 19.6 Å². The third-order valence-electron chi connectivity index (χ3n) is 2.93. The second-order valence-electron chi connectivity index (χ2n) is 5.55. The number of thiol groups is 1. The lowest BCUT2D eigenvalue weighted by Crippen LogP contribution is -2.18. The van der Waals surface area contributed by atoms with Crippen molar-refractivity contribution in [2.45, 2.75) is 49.7 Å². The Morgan fingerprint density at radius 3 is 2.30 bits per heavy atom. The van der Waals surface area contributed by atoms with Gasteiger partial charge < -0.3 is 4.74 Å². The Morgan fingerprint density at radius 2 is 1.80 bits per heavy atom. The number of hydrogen-bond acceptors (Lipinski definition) is 4. The summed E-state index contributed by atoms with van der Waals surface area (Å²) in [7, 11) is -3.24. The monoisotopic (exact) mass is 316 g/mol. The Balaban J connectivity index is 2.67. The molecule has 114 valence electrons. The summed E-state index contributed by atoms with van der Waals surface area (Å²) in [5.74, 6) is 0.825. The molecule has 1 aromatic carbocycles. The minimum Gasteiger partial charge on any atom is -0.494 e. The van der Waals surface area contributed by atoms with Gasteiger partial charge in [0.1, 0.15) is 5.75 Å². The van der Waals surface area contributed by atoms with Crippen LogP contribution in [0.5, 0.6) is 5.75 Å². The van der Waals surface area contributed by atoms with Crippen molar-refractivity contribution in [3.63, 3.8) is 0 Å². The highest BCUT2D eigenvalue weighted by Gasteiger charge is 2.19. The summed E-state index contributed by atoms with van der Waals surface area (Å²) in [6.07, 6.45) is 2.59. The van der Waals surface area contributed by atoms with Gasteiger partial charge in [-0.05, 0) is 37.1 Å². The van der Waals surface area contributed by atoms with E-state index in [1.165, 1.54) is 0 Å². The Hall–Kier alpha value is -0.680. The van der Waals surface area contributed by atoms with Crippen LogP contribution in [-0.4, -0.2) is 25.5 Å². The molecule has 0 saturated carbocycles. The summed E-state index contributed by atoms with van der Waals surface area (Å²) < 4.78 is 29.6. The maximum absolute atomic E-state index is 12.2. The first kappa shape index (κ1) is 17.4. The fourth-order valence-corrected chi connectivity index (χ4v) is 3.41. The highest BCUT2D eigenvalue weighted by atomic mass is 32.2. The van der Waals surface area contributed by atoms with Crippen LogP contribution < -0.4 is 4.74 Å². The molecule has 20 heavy (non-hydrogen) atoms. The van der Waals surface area contributed by atoms with Crippen molar-refractivity contribution in [1.29, 1.82) is 0 Å². The molecule has 0 amide bonds. The van der Waals surface area contributed by atoms with Gasteiger partial charge in [0.25, 0.3) is 0 Å². The van der Waals surface area contributed by atoms with Gasteiger partial charge in [0.15, 0.2) is 9.84 Å². The first-order chi connectivity index (χ1) is 9.24. The molecule has 0 bridgehead atoms. The predicted octanol–water partition coefficient (Wildman–Crippen LogP) is 3.74. The van der Waals surface area contributed by atoms with E-state index in [9.17, 15) is 8.42 Å². The molecule has 0 saturated heterocycles. The van der Waals surface area contributed by atoms with Gasteiger partial charge >= 0.3 is 0 Å². The predicted molar refractivity (Wildman–Crippen MR) is 86.6 cm³/mol. The van der Waals surface area contributed by atoms with Gasteiger partial charge in [-0.1, -0.05) is 27.2 Å². The van der Waals surface area contributed by atoms with E-state index in [0.717, 1.165) is 12.8 Å². The first-order valence-corrected chi connectivity index (χ1v) is 9.02. The topological polar surface area (TPSA) is 43.4 Å². The van der Waals surface area contributed by atoms with Crippen molar-refractivity contribution in [1.82, 2.24) is 0 Å². The molecule has 3 nitrogen and oxygen atoms in total. The minimum atomic E-state index is -3.24. The van der Waals surface area contributed by atoms with Crippen molar-refractivity contribution >= 4 is 22.5 Å². The molecule has 0 unspecified atom stereocenters. The molecule has 0 atom stereocenters. The highest BCUT2D eigenvalue weighted by molar-refractivity contribution is 7.91. The zero-order valence-corrected chi connectivity index (χ0v) is 14.1. The van der Waals surface area contributed by atoms with Crippen LogP contribution in [0.15, 0.2) is 29.2 Å². The number of ether oxygens (including phenoxy) is 1. The smallest absolute Gasteiger partial charge is 0.178 e. The molecule has 0 aliphatic heterocycles. The van der Waals surface area contributed by atoms with Crippen molar-refractivity contribution in [2.75, 3.05) is 12.4 Å². The molecule has 0 aliphatic rings. The lowest BCUT2D eigenvalue weighted by molar-refractivity contribution is 0.309. The van der Waals surface area contributed by atoms with E-state index in [1.807, 2.05) is 13.8 Å². The Bertz CT molecular complexity index is 499. The molecule has 1 rings (SSSR count). The van der Waals surface area contributed by atoms with E-state index in [0.29, 0.717) is 23.7 Å². The summed E-state index contributed by atoms with van der Waals surface area (Å²) >= 11 is 4.36. The third-order valence-corrected chi connectivity index (χ3v) is 4.89. The second-order valence-corrected chi connectivity index (χ2v) is 8.87. The van der Waals surface area contributed by atoms with Crippen LogP contribution in [0.4, 0.5) is 0 Å². The van der Waals surface area contributed by atoms with Gasteiger partial charge in [-0.2, -0.15) is 12.6 Å². The average Bonchev–Trinajstić information content (AvgIpc) is 2.37. The van der Waals surface area contributed by atoms with Gasteiger partial charge in [0.2, 0.25) is 0 Å². The lowest BCUT2D eigenvalue weighted by atomic mass is 10.1. The first-order valence-electron chi connectivity index (χ1n) is 6.92. The zero-order chi connectivity index (χ0) is 15.2. The molecule has 0 N–H and O–H groups in total. The molecule has 0 heterocycles. The Morgan fingerprint density at radius 1 is 1.20 bits per heavy atom. The van der Waals surface area contributed by atoms with Crippen molar-refractivity contribution in [3.8, 4) is 5.75 Å². The summed E-state index contributed by atoms with van der Waals surface area (Å²) in [4.78, 5) is 0.345. The fourth-order valence-electron chi connectivity index (χ4n) is 1.58. The molecule has 1 aromatic rings. The molecular weight excluding hydrogens is 292 g/mol. The molecule has 0 spiro atoms. The largest absolute Gasteiger partial charge is 0.494 e. The van der Waals surface area contributed by atoms with Crippen LogP contribution >= 0.6 is 12.6 Å². The van der Waals surface area contributed by atoms with E-state index >= 15 is 0 Å². The summed E-state index contributed by atoms with van der Waals surface area (Å²) in [6, 6.07) is 6.66. The van der Waals surface area contributed by atoms with Crippen LogP contribution in [0.25, 0.3) is 0 Å². The van der Waals surface area contributed by atoms with Crippen LogP contribution in [0.1, 0.15) is 40.0 Å². The lowest BCUT2D eigenvalue weighted by Gasteiger charge is -2.16. The highest BCUT2D eigenvalue weighted by Crippen LogP contribution is 2.22. The molecule has 0 radical (unpaired) electrons. The van der Waals surface area contributed by atoms with Crippen LogP contribution in [0.2, 0.25) is 0 Å². The van der Waals surface area contributed by atoms with Gasteiger partial charge in [0, 0.05) is 4.75 Å².